The molecule has 0 bridgehead atoms. The largest absolute Gasteiger partial charge is 0.485 e. The molecular weight excluding hydrogens is 552 g/mol. The predicted molar refractivity (Wildman–Crippen MR) is 151 cm³/mol. The van der Waals surface area contributed by atoms with Crippen LogP contribution in [0.2, 0.25) is 0 Å². The second-order valence-corrected chi connectivity index (χ2v) is 11.0. The van der Waals surface area contributed by atoms with Crippen molar-refractivity contribution < 1.29 is 36.9 Å². The molecule has 2 unspecified atom stereocenters. The number of rotatable bonds is 9. The van der Waals surface area contributed by atoms with Crippen molar-refractivity contribution in [2.24, 2.45) is 5.92 Å². The summed E-state index contributed by atoms with van der Waals surface area (Å²) in [6.07, 6.45) is 2.49. The average Bonchev–Trinajstić information content (AvgIpc) is 3.82. The van der Waals surface area contributed by atoms with Crippen molar-refractivity contribution in [3.05, 3.63) is 76.7 Å². The summed E-state index contributed by atoms with van der Waals surface area (Å²) in [5.41, 5.74) is 3.72. The molecule has 0 saturated heterocycles. The first-order valence-electron chi connectivity index (χ1n) is 14.0. The molecule has 2 aliphatic rings. The maximum atomic E-state index is 14.8. The zero-order chi connectivity index (χ0) is 30.4. The Balaban J connectivity index is 0.00000127. The Morgan fingerprint density at radius 2 is 1.88 bits per heavy atom. The lowest BCUT2D eigenvalue weighted by molar-refractivity contribution is -0.144. The summed E-state index contributed by atoms with van der Waals surface area (Å²) >= 11 is 0. The number of aromatic nitrogens is 1. The first-order chi connectivity index (χ1) is 19.9. The fourth-order valence-corrected chi connectivity index (χ4v) is 4.81. The Bertz CT molecular complexity index is 1390. The molecule has 0 radical (unpaired) electrons. The maximum Gasteiger partial charge on any atom is 0.401 e. The minimum Gasteiger partial charge on any atom is -0.485 e. The third-order valence-electron chi connectivity index (χ3n) is 7.11. The van der Waals surface area contributed by atoms with Gasteiger partial charge in [0, 0.05) is 18.2 Å². The number of pyridine rings is 1. The third kappa shape index (κ3) is 8.67. The van der Waals surface area contributed by atoms with E-state index in [0.29, 0.717) is 29.7 Å². The lowest BCUT2D eigenvalue weighted by Crippen LogP contribution is -2.30. The Labute approximate surface area is 243 Å². The van der Waals surface area contributed by atoms with Gasteiger partial charge in [-0.2, -0.15) is 13.2 Å². The highest BCUT2D eigenvalue weighted by Crippen LogP contribution is 2.38. The van der Waals surface area contributed by atoms with Crippen LogP contribution in [-0.2, 0) is 24.2 Å². The Morgan fingerprint density at radius 3 is 2.52 bits per heavy atom. The summed E-state index contributed by atoms with van der Waals surface area (Å²) in [5, 5.41) is 9.24. The molecular formula is C32H36F4N2O4. The van der Waals surface area contributed by atoms with Crippen LogP contribution in [0.1, 0.15) is 61.0 Å². The van der Waals surface area contributed by atoms with Crippen molar-refractivity contribution >= 4 is 5.97 Å². The molecule has 1 fully saturated rings. The molecule has 3 aromatic rings. The Kier molecular flexibility index (Phi) is 10.1. The first-order valence-corrected chi connectivity index (χ1v) is 14.0. The van der Waals surface area contributed by atoms with Crippen molar-refractivity contribution in [1.82, 2.24) is 9.88 Å². The smallest absolute Gasteiger partial charge is 0.401 e. The molecule has 1 aliphatic carbocycles. The number of ether oxygens (including phenoxy) is 2. The van der Waals surface area contributed by atoms with Crippen molar-refractivity contribution in [3.8, 4) is 22.8 Å². The van der Waals surface area contributed by atoms with Gasteiger partial charge in [0.2, 0.25) is 5.88 Å². The third-order valence-corrected chi connectivity index (χ3v) is 7.11. The molecule has 226 valence electrons. The van der Waals surface area contributed by atoms with E-state index in [1.165, 1.54) is 39.5 Å². The number of carboxylic acid groups (broad SMARTS) is 1. The standard InChI is InChI=1S/C29H30F4N2O4.C3H6/c1-17(28(36)37)10-18-4-5-19-7-9-25(39-26(19)11-18)20-6-8-22(23-13-27(38-3)34-14-24(23)30)21(12-20)15-35(2)16-29(31,32)33;1-2-3-1/h4-6,8,11-14,17,25H,7,9-10,15-16H2,1-3H3,(H,36,37);1-3H2. The monoisotopic (exact) mass is 588 g/mol. The van der Waals surface area contributed by atoms with Crippen LogP contribution in [0.5, 0.6) is 11.6 Å². The van der Waals surface area contributed by atoms with E-state index >= 15 is 0 Å². The number of nitrogens with zero attached hydrogens (tertiary/aromatic N) is 2. The topological polar surface area (TPSA) is 71.9 Å². The lowest BCUT2D eigenvalue weighted by atomic mass is 9.91. The van der Waals surface area contributed by atoms with E-state index < -0.39 is 30.4 Å². The zero-order valence-electron chi connectivity index (χ0n) is 24.0. The first kappa shape index (κ1) is 31.3. The summed E-state index contributed by atoms with van der Waals surface area (Å²) in [5.74, 6) is -1.19. The quantitative estimate of drug-likeness (QED) is 0.263. The van der Waals surface area contributed by atoms with Gasteiger partial charge in [-0.3, -0.25) is 9.69 Å². The van der Waals surface area contributed by atoms with Gasteiger partial charge < -0.3 is 14.6 Å². The van der Waals surface area contributed by atoms with Crippen LogP contribution in [0.15, 0.2) is 48.7 Å². The number of benzene rings is 2. The van der Waals surface area contributed by atoms with E-state index in [4.69, 9.17) is 9.47 Å². The minimum absolute atomic E-state index is 0.0761. The fraction of sp³-hybridized carbons (Fsp3) is 0.438. The van der Waals surface area contributed by atoms with Crippen LogP contribution in [-0.4, -0.2) is 47.8 Å². The number of methoxy groups -OCH3 is 1. The summed E-state index contributed by atoms with van der Waals surface area (Å²) in [6.45, 7) is 0.447. The van der Waals surface area contributed by atoms with E-state index in [-0.39, 0.29) is 24.1 Å². The van der Waals surface area contributed by atoms with Gasteiger partial charge in [0.15, 0.2) is 0 Å². The van der Waals surface area contributed by atoms with Gasteiger partial charge in [0.1, 0.15) is 17.7 Å². The fourth-order valence-electron chi connectivity index (χ4n) is 4.81. The highest BCUT2D eigenvalue weighted by molar-refractivity contribution is 5.70. The molecule has 1 saturated carbocycles. The number of hydrogen-bond donors (Lipinski definition) is 1. The number of aliphatic carboxylic acids is 1. The van der Waals surface area contributed by atoms with Gasteiger partial charge in [0.05, 0.1) is 25.8 Å². The van der Waals surface area contributed by atoms with Gasteiger partial charge in [-0.15, -0.1) is 0 Å². The molecule has 5 rings (SSSR count). The predicted octanol–water partition coefficient (Wildman–Crippen LogP) is 7.39. The summed E-state index contributed by atoms with van der Waals surface area (Å²) in [4.78, 5) is 16.3. The van der Waals surface area contributed by atoms with Crippen molar-refractivity contribution in [2.45, 2.75) is 64.3 Å². The van der Waals surface area contributed by atoms with Crippen LogP contribution in [0, 0.1) is 11.7 Å². The number of hydrogen-bond acceptors (Lipinski definition) is 5. The average molecular weight is 589 g/mol. The van der Waals surface area contributed by atoms with Crippen molar-refractivity contribution in [3.63, 3.8) is 0 Å². The highest BCUT2D eigenvalue weighted by atomic mass is 19.4. The Morgan fingerprint density at radius 1 is 1.14 bits per heavy atom. The van der Waals surface area contributed by atoms with Crippen molar-refractivity contribution in [2.75, 3.05) is 20.7 Å². The molecule has 0 amide bonds. The Hall–Kier alpha value is -3.66. The van der Waals surface area contributed by atoms with Crippen LogP contribution in [0.25, 0.3) is 11.1 Å². The number of fused-ring (bicyclic) bond motifs is 1. The van der Waals surface area contributed by atoms with E-state index in [1.807, 2.05) is 18.2 Å². The normalized spacial score (nSPS) is 16.5. The van der Waals surface area contributed by atoms with Crippen LogP contribution < -0.4 is 9.47 Å². The van der Waals surface area contributed by atoms with E-state index in [1.54, 1.807) is 25.1 Å². The molecule has 1 aromatic heterocycles. The van der Waals surface area contributed by atoms with Crippen molar-refractivity contribution in [1.29, 1.82) is 0 Å². The van der Waals surface area contributed by atoms with Crippen LogP contribution >= 0.6 is 0 Å². The SMILES string of the molecule is C1CC1.COc1cc(-c2ccc(C3CCc4ccc(CC(C)C(=O)O)cc4O3)cc2CN(C)CC(F)(F)F)c(F)cn1. The van der Waals surface area contributed by atoms with Gasteiger partial charge in [-0.25, -0.2) is 9.37 Å². The second kappa shape index (κ2) is 13.5. The molecule has 1 aliphatic heterocycles. The number of carbonyl (C=O) groups is 1. The van der Waals surface area contributed by atoms with Gasteiger partial charge in [-0.1, -0.05) is 56.5 Å². The highest BCUT2D eigenvalue weighted by Gasteiger charge is 2.30. The molecule has 1 N–H and O–H groups in total. The number of alkyl halides is 3. The number of halogens is 4. The molecule has 6 nitrogen and oxygen atoms in total. The maximum absolute atomic E-state index is 14.8. The molecule has 2 heterocycles. The van der Waals surface area contributed by atoms with E-state index in [2.05, 4.69) is 4.98 Å². The molecule has 42 heavy (non-hydrogen) atoms. The second-order valence-electron chi connectivity index (χ2n) is 11.0. The van der Waals surface area contributed by atoms with Crippen LogP contribution in [0.3, 0.4) is 0 Å². The molecule has 2 aromatic carbocycles. The summed E-state index contributed by atoms with van der Waals surface area (Å²) < 4.78 is 65.5. The zero-order valence-corrected chi connectivity index (χ0v) is 24.0. The molecule has 2 atom stereocenters. The number of aryl methyl sites for hydroxylation is 1. The summed E-state index contributed by atoms with van der Waals surface area (Å²) in [7, 11) is 2.76. The minimum atomic E-state index is -4.39. The van der Waals surface area contributed by atoms with E-state index in [9.17, 15) is 27.5 Å². The van der Waals surface area contributed by atoms with Gasteiger partial charge >= 0.3 is 12.1 Å². The summed E-state index contributed by atoms with van der Waals surface area (Å²) in [6, 6.07) is 12.4. The molecule has 10 heteroatoms. The van der Waals surface area contributed by atoms with Gasteiger partial charge in [0.25, 0.3) is 0 Å². The number of carboxylic acids is 1. The van der Waals surface area contributed by atoms with E-state index in [0.717, 1.165) is 34.2 Å². The van der Waals surface area contributed by atoms with Gasteiger partial charge in [-0.05, 0) is 60.2 Å². The van der Waals surface area contributed by atoms with Crippen LogP contribution in [0.4, 0.5) is 17.6 Å². The lowest BCUT2D eigenvalue weighted by Gasteiger charge is -2.28. The molecule has 0 spiro atoms.